The van der Waals surface area contributed by atoms with Gasteiger partial charge in [-0.1, -0.05) is 49.4 Å². The molecule has 38 heavy (non-hydrogen) atoms. The van der Waals surface area contributed by atoms with Crippen LogP contribution in [-0.2, 0) is 19.6 Å². The Labute approximate surface area is 222 Å². The molecule has 6 rings (SSSR count). The molecule has 9 nitrogen and oxygen atoms in total. The van der Waals surface area contributed by atoms with Crippen LogP contribution in [0.2, 0.25) is 0 Å². The molecule has 0 atom stereocenters. The van der Waals surface area contributed by atoms with Crippen LogP contribution >= 0.6 is 11.3 Å². The average molecular weight is 522 g/mol. The number of H-pyrrole nitrogens is 1. The molecular weight excluding hydrogens is 498 g/mol. The number of hydrogen-bond donors (Lipinski definition) is 1. The molecule has 0 radical (unpaired) electrons. The van der Waals surface area contributed by atoms with Crippen LogP contribution in [0.3, 0.4) is 0 Å². The molecule has 10 heteroatoms. The molecule has 6 aromatic rings. The molecule has 0 saturated heterocycles. The molecule has 2 aromatic carbocycles. The first-order chi connectivity index (χ1) is 18.8. The van der Waals surface area contributed by atoms with Crippen LogP contribution in [0.15, 0.2) is 77.6 Å². The first kappa shape index (κ1) is 23.7. The van der Waals surface area contributed by atoms with Gasteiger partial charge in [-0.05, 0) is 40.5 Å². The normalized spacial score (nSPS) is 11.1. The lowest BCUT2D eigenvalue weighted by Gasteiger charge is -2.13. The van der Waals surface area contributed by atoms with Gasteiger partial charge in [0.15, 0.2) is 0 Å². The van der Waals surface area contributed by atoms with Gasteiger partial charge < -0.3 is 9.47 Å². The summed E-state index contributed by atoms with van der Waals surface area (Å²) in [6.45, 7) is 2.75. The highest BCUT2D eigenvalue weighted by Gasteiger charge is 2.14. The van der Waals surface area contributed by atoms with Crippen molar-refractivity contribution in [1.82, 2.24) is 35.6 Å². The lowest BCUT2D eigenvalue weighted by molar-refractivity contribution is 0.289. The molecule has 1 N–H and O–H groups in total. The second-order valence-corrected chi connectivity index (χ2v) is 9.24. The van der Waals surface area contributed by atoms with Crippen LogP contribution < -0.4 is 9.47 Å². The van der Waals surface area contributed by atoms with Crippen LogP contribution in [0, 0.1) is 0 Å². The summed E-state index contributed by atoms with van der Waals surface area (Å²) in [4.78, 5) is 13.7. The van der Waals surface area contributed by atoms with E-state index in [0.29, 0.717) is 36.2 Å². The lowest BCUT2D eigenvalue weighted by Crippen LogP contribution is -2.02. The number of nitrogens with one attached hydrogen (secondary N) is 1. The Morgan fingerprint density at radius 2 is 1.79 bits per heavy atom. The number of pyridine rings is 2. The van der Waals surface area contributed by atoms with Gasteiger partial charge in [0.25, 0.3) is 0 Å². The van der Waals surface area contributed by atoms with E-state index in [1.165, 1.54) is 11.3 Å². The van der Waals surface area contributed by atoms with Gasteiger partial charge in [0.2, 0.25) is 11.7 Å². The number of ether oxygens (including phenoxy) is 2. The Hall–Kier alpha value is -4.70. The number of nitrogens with zero attached hydrogens (tertiary/aromatic N) is 6. The first-order valence-corrected chi connectivity index (χ1v) is 13.1. The molecule has 0 spiro atoms. The molecule has 0 aliphatic heterocycles. The number of aromatic amines is 1. The van der Waals surface area contributed by atoms with Crippen molar-refractivity contribution in [2.24, 2.45) is 0 Å². The molecule has 0 aliphatic rings. The summed E-state index contributed by atoms with van der Waals surface area (Å²) in [5.74, 6) is 1.67. The third kappa shape index (κ3) is 5.07. The average Bonchev–Trinajstić information content (AvgIpc) is 3.70. The highest BCUT2D eigenvalue weighted by atomic mass is 32.1. The summed E-state index contributed by atoms with van der Waals surface area (Å²) in [5, 5.41) is 16.7. The standard InChI is InChI=1S/C28H23N7O2S/c1-2-20-13-25(27-24(30-20)10-11-26(31-27)37-15-21-16-38-17-29-21)36-14-18-8-9-22(19-6-4-3-5-7-19)23(12-18)28-32-34-35-33-28/h3-13,16-17H,2,14-15H2,1H3,(H,32,33,34,35). The monoisotopic (exact) mass is 521 g/mol. The van der Waals surface area contributed by atoms with Crippen molar-refractivity contribution in [3.63, 3.8) is 0 Å². The van der Waals surface area contributed by atoms with Crippen LogP contribution in [0.4, 0.5) is 0 Å². The Kier molecular flexibility index (Phi) is 6.69. The maximum absolute atomic E-state index is 6.34. The number of benzene rings is 2. The molecule has 4 aromatic heterocycles. The molecule has 0 unspecified atom stereocenters. The van der Waals surface area contributed by atoms with E-state index in [9.17, 15) is 0 Å². The minimum Gasteiger partial charge on any atom is -0.486 e. The minimum absolute atomic E-state index is 0.327. The van der Waals surface area contributed by atoms with Crippen molar-refractivity contribution in [2.45, 2.75) is 26.6 Å². The van der Waals surface area contributed by atoms with E-state index in [0.717, 1.165) is 45.6 Å². The number of thiazole rings is 1. The Morgan fingerprint density at radius 3 is 2.58 bits per heavy atom. The third-order valence-electron chi connectivity index (χ3n) is 6.01. The van der Waals surface area contributed by atoms with E-state index in [-0.39, 0.29) is 0 Å². The van der Waals surface area contributed by atoms with Gasteiger partial charge in [-0.3, -0.25) is 4.98 Å². The van der Waals surface area contributed by atoms with E-state index in [1.54, 1.807) is 5.51 Å². The largest absolute Gasteiger partial charge is 0.486 e. The molecule has 4 heterocycles. The van der Waals surface area contributed by atoms with Crippen LogP contribution in [0.5, 0.6) is 11.6 Å². The van der Waals surface area contributed by atoms with Gasteiger partial charge in [-0.25, -0.2) is 9.97 Å². The highest BCUT2D eigenvalue weighted by molar-refractivity contribution is 7.07. The van der Waals surface area contributed by atoms with Crippen LogP contribution in [-0.4, -0.2) is 35.6 Å². The number of rotatable bonds is 9. The summed E-state index contributed by atoms with van der Waals surface area (Å²) in [6.07, 6.45) is 0.780. The number of fused-ring (bicyclic) bond motifs is 1. The van der Waals surface area contributed by atoms with Gasteiger partial charge in [0.1, 0.15) is 24.5 Å². The van der Waals surface area contributed by atoms with E-state index >= 15 is 0 Å². The van der Waals surface area contributed by atoms with Gasteiger partial charge in [0.05, 0.1) is 16.7 Å². The number of aryl methyl sites for hydroxylation is 1. The molecule has 0 bridgehead atoms. The van der Waals surface area contributed by atoms with Gasteiger partial charge in [0, 0.05) is 28.8 Å². The fraction of sp³-hybridized carbons (Fsp3) is 0.143. The fourth-order valence-corrected chi connectivity index (χ4v) is 4.66. The molecule has 0 aliphatic carbocycles. The van der Waals surface area contributed by atoms with Crippen molar-refractivity contribution in [3.8, 4) is 34.1 Å². The van der Waals surface area contributed by atoms with Gasteiger partial charge >= 0.3 is 0 Å². The second kappa shape index (κ2) is 10.7. The van der Waals surface area contributed by atoms with Crippen molar-refractivity contribution in [3.05, 3.63) is 94.6 Å². The second-order valence-electron chi connectivity index (χ2n) is 8.52. The number of aromatic nitrogens is 7. The Bertz CT molecular complexity index is 1660. The van der Waals surface area contributed by atoms with Crippen molar-refractivity contribution in [1.29, 1.82) is 0 Å². The molecule has 0 saturated carbocycles. The van der Waals surface area contributed by atoms with Crippen molar-refractivity contribution in [2.75, 3.05) is 0 Å². The van der Waals surface area contributed by atoms with E-state index in [1.807, 2.05) is 53.9 Å². The van der Waals surface area contributed by atoms with E-state index < -0.39 is 0 Å². The zero-order valence-corrected chi connectivity index (χ0v) is 21.4. The number of hydrogen-bond acceptors (Lipinski definition) is 9. The maximum Gasteiger partial charge on any atom is 0.214 e. The SMILES string of the molecule is CCc1cc(OCc2ccc(-c3ccccc3)c(-c3nn[nH]n3)c2)c2nc(OCc3cscn3)ccc2n1. The van der Waals surface area contributed by atoms with Crippen molar-refractivity contribution >= 4 is 22.4 Å². The summed E-state index contributed by atoms with van der Waals surface area (Å²) in [7, 11) is 0. The molecule has 188 valence electrons. The predicted octanol–water partition coefficient (Wildman–Crippen LogP) is 5.65. The quantitative estimate of drug-likeness (QED) is 0.260. The van der Waals surface area contributed by atoms with Crippen LogP contribution in [0.1, 0.15) is 23.9 Å². The summed E-state index contributed by atoms with van der Waals surface area (Å²) < 4.78 is 12.2. The zero-order valence-electron chi connectivity index (χ0n) is 20.5. The van der Waals surface area contributed by atoms with Gasteiger partial charge in [-0.15, -0.1) is 21.5 Å². The lowest BCUT2D eigenvalue weighted by atomic mass is 9.97. The summed E-state index contributed by atoms with van der Waals surface area (Å²) in [6, 6.07) is 21.9. The molecular formula is C28H23N7O2S. The Balaban J connectivity index is 1.30. The smallest absolute Gasteiger partial charge is 0.214 e. The maximum atomic E-state index is 6.34. The van der Waals surface area contributed by atoms with Crippen molar-refractivity contribution < 1.29 is 9.47 Å². The predicted molar refractivity (Wildman–Crippen MR) is 145 cm³/mol. The first-order valence-electron chi connectivity index (χ1n) is 12.1. The Morgan fingerprint density at radius 1 is 0.868 bits per heavy atom. The molecule has 0 fully saturated rings. The number of tetrazole rings is 1. The van der Waals surface area contributed by atoms with Crippen LogP contribution in [0.25, 0.3) is 33.5 Å². The summed E-state index contributed by atoms with van der Waals surface area (Å²) >= 11 is 1.53. The third-order valence-corrected chi connectivity index (χ3v) is 6.64. The van der Waals surface area contributed by atoms with E-state index in [4.69, 9.17) is 19.4 Å². The highest BCUT2D eigenvalue weighted by Crippen LogP contribution is 2.32. The zero-order chi connectivity index (χ0) is 25.7. The minimum atomic E-state index is 0.327. The van der Waals surface area contributed by atoms with E-state index in [2.05, 4.69) is 50.7 Å². The topological polar surface area (TPSA) is 112 Å². The fourth-order valence-electron chi connectivity index (χ4n) is 4.11. The molecule has 0 amide bonds. The van der Waals surface area contributed by atoms with Gasteiger partial charge in [-0.2, -0.15) is 5.21 Å². The summed E-state index contributed by atoms with van der Waals surface area (Å²) in [5.41, 5.74) is 8.90.